The summed E-state index contributed by atoms with van der Waals surface area (Å²) < 4.78 is 21.1. The Morgan fingerprint density at radius 1 is 0.494 bits per heavy atom. The van der Waals surface area contributed by atoms with Crippen LogP contribution >= 0.6 is 47.8 Å². The van der Waals surface area contributed by atoms with Gasteiger partial charge < -0.3 is 42.9 Å². The number of fused-ring (bicyclic) bond motifs is 2. The zero-order valence-corrected chi connectivity index (χ0v) is 48.9. The highest BCUT2D eigenvalue weighted by Gasteiger charge is 2.32. The van der Waals surface area contributed by atoms with Gasteiger partial charge in [0.2, 0.25) is 5.91 Å². The molecule has 6 aliphatic rings. The van der Waals surface area contributed by atoms with Gasteiger partial charge >= 0.3 is 18.3 Å². The molecule has 446 valence electrons. The maximum Gasteiger partial charge on any atom is 0.410 e. The van der Waals surface area contributed by atoms with Gasteiger partial charge in [0, 0.05) is 104 Å². The second-order valence-electron chi connectivity index (χ2n) is 21.6. The Labute approximate surface area is 497 Å². The van der Waals surface area contributed by atoms with Crippen LogP contribution in [0, 0.1) is 0 Å². The van der Waals surface area contributed by atoms with Crippen molar-refractivity contribution >= 4 is 83.5 Å². The molecule has 0 radical (unpaired) electrons. The fourth-order valence-electron chi connectivity index (χ4n) is 8.64. The maximum atomic E-state index is 12.1. The van der Waals surface area contributed by atoms with Gasteiger partial charge in [-0.2, -0.15) is 0 Å². The molecule has 4 aliphatic heterocycles. The van der Waals surface area contributed by atoms with Crippen molar-refractivity contribution < 1.29 is 43.0 Å². The van der Waals surface area contributed by atoms with Crippen LogP contribution in [0.15, 0.2) is 75.7 Å². The van der Waals surface area contributed by atoms with Gasteiger partial charge in [-0.15, -0.1) is 0 Å². The lowest BCUT2D eigenvalue weighted by molar-refractivity contribution is -0.129. The van der Waals surface area contributed by atoms with Crippen molar-refractivity contribution in [3.8, 4) is 0 Å². The summed E-state index contributed by atoms with van der Waals surface area (Å²) in [5, 5.41) is 0. The summed E-state index contributed by atoms with van der Waals surface area (Å²) in [5.74, 6) is 0.347. The van der Waals surface area contributed by atoms with Crippen molar-refractivity contribution in [3.05, 3.63) is 109 Å². The fraction of sp³-hybridized carbons (Fsp3) is 0.593. The quantitative estimate of drug-likeness (QED) is 0.228. The predicted molar refractivity (Wildman–Crippen MR) is 329 cm³/mol. The molecule has 6 heterocycles. The molecule has 0 N–H and O–H groups in total. The Balaban J connectivity index is 0. The lowest BCUT2D eigenvalue weighted by Crippen LogP contribution is -2.41. The van der Waals surface area contributed by atoms with Gasteiger partial charge in [-0.1, -0.05) is 61.8 Å². The number of Topliss-reactive ketones (excluding diaryl/α,β-unsaturated/α-hetero) is 1. The molecule has 0 unspecified atom stereocenters. The van der Waals surface area contributed by atoms with Crippen molar-refractivity contribution in [1.82, 2.24) is 28.7 Å². The van der Waals surface area contributed by atoms with Crippen LogP contribution in [0.1, 0.15) is 162 Å². The van der Waals surface area contributed by atoms with Crippen LogP contribution in [-0.4, -0.2) is 121 Å². The highest BCUT2D eigenvalue weighted by molar-refractivity contribution is 9.12. The number of ether oxygens (including phenoxy) is 3. The molecule has 2 aromatic rings. The van der Waals surface area contributed by atoms with E-state index in [1.54, 1.807) is 61.9 Å². The number of amides is 4. The second-order valence-corrected chi connectivity index (χ2v) is 24.2. The minimum atomic E-state index is -0.499. The minimum absolute atomic E-state index is 0. The number of halogens is 3. The first kappa shape index (κ1) is 76.0. The molecule has 0 saturated carbocycles. The summed E-state index contributed by atoms with van der Waals surface area (Å²) in [4.78, 5) is 101. The van der Waals surface area contributed by atoms with Crippen LogP contribution in [0.5, 0.6) is 0 Å². The molecule has 0 atom stereocenters. The first-order valence-electron chi connectivity index (χ1n) is 24.3. The molecule has 4 amide bonds. The molecule has 17 nitrogen and oxygen atoms in total. The number of hydrogen-bond acceptors (Lipinski definition) is 11. The van der Waals surface area contributed by atoms with Gasteiger partial charge in [-0.3, -0.25) is 24.0 Å². The normalized spacial score (nSPS) is 16.2. The SMILES string of the molecule is C.C.C.C.C.C.CC(=O)N1CCc2c(cc(Br)c(=O)n2C)C1.CC(C)(C)OC(=O)N1CCC2=C(C=C(Br)C(=O)C2)C1.CC(C)(C)OC(=O)N1CCC2=C(C=CC(=O)C2)C1.Cn1c2c(cc(Br)c1=O)CN(C(=O)OC(C)(C)C)CC2. The van der Waals surface area contributed by atoms with E-state index in [2.05, 4.69) is 47.8 Å². The largest absolute Gasteiger partial charge is 0.444 e. The van der Waals surface area contributed by atoms with E-state index < -0.39 is 16.8 Å². The number of carbonyl (C=O) groups excluding carboxylic acids is 6. The van der Waals surface area contributed by atoms with Gasteiger partial charge in [0.1, 0.15) is 16.8 Å². The lowest BCUT2D eigenvalue weighted by Gasteiger charge is -2.33. The number of rotatable bonds is 0. The van der Waals surface area contributed by atoms with Gasteiger partial charge in [-0.05, 0) is 170 Å². The van der Waals surface area contributed by atoms with E-state index in [0.29, 0.717) is 85.0 Å². The average molecular weight is 1300 g/mol. The number of allylic oxidation sites excluding steroid dienone is 2. The highest BCUT2D eigenvalue weighted by atomic mass is 79.9. The molecule has 0 spiro atoms. The smallest absolute Gasteiger partial charge is 0.410 e. The molecule has 8 rings (SSSR count). The van der Waals surface area contributed by atoms with E-state index in [1.807, 2.05) is 80.5 Å². The minimum Gasteiger partial charge on any atom is -0.444 e. The van der Waals surface area contributed by atoms with Gasteiger partial charge in [0.15, 0.2) is 11.6 Å². The molecular weight excluding hydrogens is 1210 g/mol. The summed E-state index contributed by atoms with van der Waals surface area (Å²) in [6.45, 7) is 22.9. The molecule has 0 saturated heterocycles. The van der Waals surface area contributed by atoms with E-state index in [9.17, 15) is 38.4 Å². The van der Waals surface area contributed by atoms with Crippen LogP contribution in [0.2, 0.25) is 0 Å². The molecule has 2 aliphatic carbocycles. The predicted octanol–water partition coefficient (Wildman–Crippen LogP) is 12.9. The third kappa shape index (κ3) is 21.4. The lowest BCUT2D eigenvalue weighted by atomic mass is 9.91. The Kier molecular flexibility index (Phi) is 30.0. The Bertz CT molecular complexity index is 2790. The van der Waals surface area contributed by atoms with Crippen molar-refractivity contribution in [3.63, 3.8) is 0 Å². The molecule has 20 heteroatoms. The number of carbonyl (C=O) groups is 6. The first-order valence-corrected chi connectivity index (χ1v) is 26.7. The third-order valence-electron chi connectivity index (χ3n) is 12.3. The van der Waals surface area contributed by atoms with Gasteiger partial charge in [-0.25, -0.2) is 14.4 Å². The Hall–Kier alpha value is -5.08. The van der Waals surface area contributed by atoms with Crippen LogP contribution in [0.25, 0.3) is 0 Å². The van der Waals surface area contributed by atoms with E-state index in [-0.39, 0.29) is 91.4 Å². The summed E-state index contributed by atoms with van der Waals surface area (Å²) in [6, 6.07) is 3.63. The van der Waals surface area contributed by atoms with Crippen molar-refractivity contribution in [1.29, 1.82) is 0 Å². The molecular formula is C59H93Br3N6O11. The zero-order valence-electron chi connectivity index (χ0n) is 44.1. The third-order valence-corrected chi connectivity index (χ3v) is 14.1. The van der Waals surface area contributed by atoms with Gasteiger partial charge in [0.25, 0.3) is 11.1 Å². The van der Waals surface area contributed by atoms with Crippen molar-refractivity contribution in [2.24, 2.45) is 14.1 Å². The molecule has 0 fully saturated rings. The van der Waals surface area contributed by atoms with E-state index in [4.69, 9.17) is 14.2 Å². The van der Waals surface area contributed by atoms with Gasteiger partial charge in [0.05, 0.1) is 20.0 Å². The maximum absolute atomic E-state index is 12.1. The topological polar surface area (TPSA) is 187 Å². The Morgan fingerprint density at radius 3 is 1.25 bits per heavy atom. The zero-order chi connectivity index (χ0) is 54.5. The summed E-state index contributed by atoms with van der Waals surface area (Å²) >= 11 is 9.77. The van der Waals surface area contributed by atoms with Crippen LogP contribution in [-0.2, 0) is 68.6 Å². The second kappa shape index (κ2) is 31.2. The van der Waals surface area contributed by atoms with Crippen LogP contribution in [0.3, 0.4) is 0 Å². The van der Waals surface area contributed by atoms with Crippen LogP contribution in [0.4, 0.5) is 14.4 Å². The molecule has 0 aromatic carbocycles. The standard InChI is InChI=1S/C14H19BrN2O3.C14H18BrNO3.C14H19NO3.C11H13BrN2O2.6CH4/c1-14(2,3)20-13(19)17-6-5-11-9(8-17)7-10(15)12(18)16(11)4;1-14(2,3)19-13(18)16-5-4-9-7-12(17)11(15)6-10(9)8-16;1-14(2,3)18-13(17)15-7-6-10-8-12(16)5-4-11(10)9-15;1-7(15)14-4-3-10-8(6-14)5-9(12)11(16)13(10)2;;;;;;/h7H,5-6,8H2,1-4H3;6H,4-5,7-8H2,1-3H3;4-5H,6-9H2,1-3H3;5H,3-4,6H2,1-2H3;6*1H4. The van der Waals surface area contributed by atoms with E-state index in [0.717, 1.165) is 58.5 Å². The van der Waals surface area contributed by atoms with E-state index >= 15 is 0 Å². The monoisotopic (exact) mass is 1300 g/mol. The van der Waals surface area contributed by atoms with Crippen molar-refractivity contribution in [2.75, 3.05) is 39.3 Å². The molecule has 0 bridgehead atoms. The van der Waals surface area contributed by atoms with E-state index in [1.165, 1.54) is 5.57 Å². The molecule has 2 aromatic heterocycles. The number of aromatic nitrogens is 2. The Morgan fingerprint density at radius 2 is 0.848 bits per heavy atom. The number of hydrogen-bond donors (Lipinski definition) is 0. The fourth-order valence-corrected chi connectivity index (χ4v) is 10.1. The number of pyridine rings is 2. The summed E-state index contributed by atoms with van der Waals surface area (Å²) in [7, 11) is 3.53. The van der Waals surface area contributed by atoms with Crippen LogP contribution < -0.4 is 11.1 Å². The summed E-state index contributed by atoms with van der Waals surface area (Å²) in [5.41, 5.74) is 7.00. The summed E-state index contributed by atoms with van der Waals surface area (Å²) in [6.07, 6.45) is 8.27. The first-order chi connectivity index (χ1) is 33.8. The highest BCUT2D eigenvalue weighted by Crippen LogP contribution is 2.32. The average Bonchev–Trinajstić information content (AvgIpc) is 3.28. The number of nitrogens with zero attached hydrogens (tertiary/aromatic N) is 6. The molecule has 79 heavy (non-hydrogen) atoms. The number of ketones is 2. The van der Waals surface area contributed by atoms with Crippen molar-refractivity contribution in [2.45, 2.75) is 182 Å².